The van der Waals surface area contributed by atoms with Crippen molar-refractivity contribution in [1.82, 2.24) is 20.0 Å². The fourth-order valence-electron chi connectivity index (χ4n) is 4.35. The van der Waals surface area contributed by atoms with E-state index in [1.165, 1.54) is 0 Å². The molecule has 5 heterocycles. The van der Waals surface area contributed by atoms with Crippen molar-refractivity contribution in [2.75, 3.05) is 50.1 Å². The first-order valence-corrected chi connectivity index (χ1v) is 10.9. The minimum atomic E-state index is 0.738. The number of rotatable bonds is 5. The molecule has 0 radical (unpaired) electrons. The Morgan fingerprint density at radius 3 is 2.47 bits per heavy atom. The minimum absolute atomic E-state index is 0.738. The zero-order chi connectivity index (χ0) is 22.2. The molecule has 8 nitrogen and oxygen atoms in total. The van der Waals surface area contributed by atoms with Gasteiger partial charge in [-0.25, -0.2) is 9.97 Å². The molecule has 0 atom stereocenters. The lowest BCUT2D eigenvalue weighted by Crippen LogP contribution is -2.47. The molecule has 0 saturated carbocycles. The van der Waals surface area contributed by atoms with Gasteiger partial charge in [-0.3, -0.25) is 0 Å². The van der Waals surface area contributed by atoms with Gasteiger partial charge in [-0.1, -0.05) is 11.2 Å². The number of aryl methyl sites for hydroxylation is 2. The van der Waals surface area contributed by atoms with Crippen LogP contribution in [0.2, 0.25) is 0 Å². The van der Waals surface area contributed by atoms with Gasteiger partial charge < -0.3 is 23.6 Å². The van der Waals surface area contributed by atoms with Crippen LogP contribution in [0, 0.1) is 13.8 Å². The first kappa shape index (κ1) is 20.5. The molecule has 32 heavy (non-hydrogen) atoms. The highest BCUT2D eigenvalue weighted by atomic mass is 16.5. The highest BCUT2D eigenvalue weighted by Crippen LogP contribution is 2.35. The van der Waals surface area contributed by atoms with Crippen molar-refractivity contribution < 1.29 is 8.94 Å². The molecule has 0 bridgehead atoms. The topological polar surface area (TPSA) is 74.7 Å². The number of pyridine rings is 2. The number of aromatic nitrogens is 3. The third-order valence-electron chi connectivity index (χ3n) is 5.85. The van der Waals surface area contributed by atoms with Crippen molar-refractivity contribution in [2.45, 2.75) is 20.4 Å². The molecule has 0 unspecified atom stereocenters. The number of fused-ring (bicyclic) bond motifs is 1. The number of furan rings is 1. The van der Waals surface area contributed by atoms with Crippen molar-refractivity contribution in [1.29, 1.82) is 0 Å². The SMILES string of the molecule is Cc1noc(C)c1-c1cc2cc(CN(C)C)oc2c(N2CCN(c3ccccn3)CC2)n1. The smallest absolute Gasteiger partial charge is 0.176 e. The van der Waals surface area contributed by atoms with E-state index in [9.17, 15) is 0 Å². The summed E-state index contributed by atoms with van der Waals surface area (Å²) >= 11 is 0. The fourth-order valence-corrected chi connectivity index (χ4v) is 4.35. The second kappa shape index (κ2) is 8.27. The van der Waals surface area contributed by atoms with Gasteiger partial charge in [0.05, 0.1) is 23.5 Å². The lowest BCUT2D eigenvalue weighted by atomic mass is 10.1. The molecule has 1 aliphatic rings. The number of piperazine rings is 1. The first-order chi connectivity index (χ1) is 15.5. The molecule has 1 aliphatic heterocycles. The van der Waals surface area contributed by atoms with E-state index in [2.05, 4.69) is 43.0 Å². The summed E-state index contributed by atoms with van der Waals surface area (Å²) in [6, 6.07) is 10.2. The second-order valence-electron chi connectivity index (χ2n) is 8.56. The van der Waals surface area contributed by atoms with Crippen molar-refractivity contribution >= 4 is 22.6 Å². The summed E-state index contributed by atoms with van der Waals surface area (Å²) < 4.78 is 11.7. The lowest BCUT2D eigenvalue weighted by molar-refractivity contribution is 0.358. The Labute approximate surface area is 187 Å². The normalized spacial score (nSPS) is 14.7. The van der Waals surface area contributed by atoms with Crippen LogP contribution in [-0.4, -0.2) is 60.3 Å². The molecule has 0 aromatic carbocycles. The summed E-state index contributed by atoms with van der Waals surface area (Å²) in [6.45, 7) is 8.06. The van der Waals surface area contributed by atoms with Crippen LogP contribution in [0.4, 0.5) is 11.6 Å². The minimum Gasteiger partial charge on any atom is -0.456 e. The Kier molecular flexibility index (Phi) is 5.30. The molecule has 4 aromatic rings. The predicted molar refractivity (Wildman–Crippen MR) is 125 cm³/mol. The van der Waals surface area contributed by atoms with Crippen molar-refractivity contribution in [3.63, 3.8) is 0 Å². The van der Waals surface area contributed by atoms with E-state index >= 15 is 0 Å². The molecule has 0 amide bonds. The highest BCUT2D eigenvalue weighted by molar-refractivity contribution is 5.91. The molecule has 1 fully saturated rings. The van der Waals surface area contributed by atoms with Gasteiger partial charge in [0.2, 0.25) is 0 Å². The Bertz CT molecular complexity index is 1200. The van der Waals surface area contributed by atoms with Crippen LogP contribution in [0.1, 0.15) is 17.2 Å². The van der Waals surface area contributed by atoms with Gasteiger partial charge in [0, 0.05) is 37.8 Å². The number of nitrogens with zero attached hydrogens (tertiary/aromatic N) is 6. The molecule has 5 rings (SSSR count). The van der Waals surface area contributed by atoms with Crippen LogP contribution in [0.5, 0.6) is 0 Å². The zero-order valence-electron chi connectivity index (χ0n) is 19.0. The largest absolute Gasteiger partial charge is 0.456 e. The second-order valence-corrected chi connectivity index (χ2v) is 8.56. The molecule has 1 saturated heterocycles. The molecule has 0 N–H and O–H groups in total. The van der Waals surface area contributed by atoms with Crippen LogP contribution in [0.25, 0.3) is 22.2 Å². The maximum Gasteiger partial charge on any atom is 0.176 e. The van der Waals surface area contributed by atoms with E-state index in [0.717, 1.165) is 83.8 Å². The molecule has 166 valence electrons. The molecular formula is C24H28N6O2. The van der Waals surface area contributed by atoms with Gasteiger partial charge >= 0.3 is 0 Å². The van der Waals surface area contributed by atoms with Gasteiger partial charge in [-0.05, 0) is 52.2 Å². The summed E-state index contributed by atoms with van der Waals surface area (Å²) in [5.41, 5.74) is 3.50. The molecule has 0 aliphatic carbocycles. The van der Waals surface area contributed by atoms with E-state index in [4.69, 9.17) is 13.9 Å². The predicted octanol–water partition coefficient (Wildman–Crippen LogP) is 3.88. The Hall–Kier alpha value is -3.39. The van der Waals surface area contributed by atoms with E-state index in [1.807, 2.05) is 46.3 Å². The fraction of sp³-hybridized carbons (Fsp3) is 0.375. The van der Waals surface area contributed by atoms with E-state index in [-0.39, 0.29) is 0 Å². The summed E-state index contributed by atoms with van der Waals surface area (Å²) in [7, 11) is 4.08. The van der Waals surface area contributed by atoms with Crippen LogP contribution < -0.4 is 9.80 Å². The van der Waals surface area contributed by atoms with Crippen molar-refractivity contribution in [2.24, 2.45) is 0 Å². The van der Waals surface area contributed by atoms with Gasteiger partial charge in [0.25, 0.3) is 0 Å². The third-order valence-corrected chi connectivity index (χ3v) is 5.85. The van der Waals surface area contributed by atoms with E-state index in [1.54, 1.807) is 0 Å². The maximum atomic E-state index is 6.30. The van der Waals surface area contributed by atoms with Gasteiger partial charge in [-0.15, -0.1) is 0 Å². The van der Waals surface area contributed by atoms with Crippen LogP contribution >= 0.6 is 0 Å². The zero-order valence-corrected chi connectivity index (χ0v) is 19.0. The van der Waals surface area contributed by atoms with Crippen molar-refractivity contribution in [3.8, 4) is 11.3 Å². The summed E-state index contributed by atoms with van der Waals surface area (Å²) in [5, 5.41) is 5.18. The summed E-state index contributed by atoms with van der Waals surface area (Å²) in [4.78, 5) is 16.3. The number of hydrogen-bond acceptors (Lipinski definition) is 8. The quantitative estimate of drug-likeness (QED) is 0.470. The van der Waals surface area contributed by atoms with Gasteiger partial charge in [0.15, 0.2) is 11.4 Å². The van der Waals surface area contributed by atoms with Crippen LogP contribution in [0.15, 0.2) is 45.5 Å². The van der Waals surface area contributed by atoms with Gasteiger partial charge in [-0.2, -0.15) is 0 Å². The van der Waals surface area contributed by atoms with E-state index in [0.29, 0.717) is 0 Å². The average Bonchev–Trinajstić information content (AvgIpc) is 3.35. The Morgan fingerprint density at radius 2 is 1.81 bits per heavy atom. The standard InChI is InChI=1S/C24H28N6O2/c1-16-22(17(2)32-27-16)20-14-18-13-19(15-28(3)4)31-23(18)24(26-20)30-11-9-29(10-12-30)21-7-5-6-8-25-21/h5-8,13-14H,9-12,15H2,1-4H3. The van der Waals surface area contributed by atoms with Crippen LogP contribution in [0.3, 0.4) is 0 Å². The average molecular weight is 433 g/mol. The molecule has 0 spiro atoms. The monoisotopic (exact) mass is 432 g/mol. The number of anilines is 2. The molecule has 4 aromatic heterocycles. The maximum absolute atomic E-state index is 6.30. The van der Waals surface area contributed by atoms with E-state index < -0.39 is 0 Å². The Morgan fingerprint density at radius 1 is 1.03 bits per heavy atom. The Balaban J connectivity index is 1.53. The van der Waals surface area contributed by atoms with Crippen LogP contribution in [-0.2, 0) is 6.54 Å². The van der Waals surface area contributed by atoms with Crippen molar-refractivity contribution in [3.05, 3.63) is 53.7 Å². The highest BCUT2D eigenvalue weighted by Gasteiger charge is 2.25. The molecular weight excluding hydrogens is 404 g/mol. The first-order valence-electron chi connectivity index (χ1n) is 10.9. The molecule has 8 heteroatoms. The third kappa shape index (κ3) is 3.82. The lowest BCUT2D eigenvalue weighted by Gasteiger charge is -2.36. The van der Waals surface area contributed by atoms with Gasteiger partial charge in [0.1, 0.15) is 17.3 Å². The number of hydrogen-bond donors (Lipinski definition) is 0. The summed E-state index contributed by atoms with van der Waals surface area (Å²) in [6.07, 6.45) is 1.84. The summed E-state index contributed by atoms with van der Waals surface area (Å²) in [5.74, 6) is 3.59.